The minimum atomic E-state index is -0.381. The first-order valence-electron chi connectivity index (χ1n) is 10.3. The van der Waals surface area contributed by atoms with E-state index in [1.54, 1.807) is 29.2 Å². The Morgan fingerprint density at radius 1 is 0.774 bits per heavy atom. The van der Waals surface area contributed by atoms with Crippen molar-refractivity contribution in [1.82, 2.24) is 0 Å². The van der Waals surface area contributed by atoms with Crippen LogP contribution in [0.4, 0.5) is 5.69 Å². The van der Waals surface area contributed by atoms with Crippen LogP contribution in [-0.2, 0) is 11.2 Å². The van der Waals surface area contributed by atoms with Crippen LogP contribution in [0, 0.1) is 0 Å². The Bertz CT molecular complexity index is 1250. The molecule has 0 saturated carbocycles. The predicted molar refractivity (Wildman–Crippen MR) is 121 cm³/mol. The molecule has 152 valence electrons. The number of hydrogen-bond donors (Lipinski definition) is 0. The average Bonchev–Trinajstić information content (AvgIpc) is 3.22. The Kier molecular flexibility index (Phi) is 4.97. The van der Waals surface area contributed by atoms with Gasteiger partial charge in [0, 0.05) is 11.3 Å². The summed E-state index contributed by atoms with van der Waals surface area (Å²) in [4.78, 5) is 27.8. The number of ether oxygens (including phenoxy) is 1. The van der Waals surface area contributed by atoms with Crippen LogP contribution in [-0.4, -0.2) is 24.5 Å². The Morgan fingerprint density at radius 3 is 2.16 bits per heavy atom. The van der Waals surface area contributed by atoms with Gasteiger partial charge in [-0.05, 0) is 53.1 Å². The van der Waals surface area contributed by atoms with Crippen LogP contribution < -0.4 is 4.90 Å². The highest BCUT2D eigenvalue weighted by Gasteiger charge is 2.36. The van der Waals surface area contributed by atoms with E-state index in [1.165, 1.54) is 0 Å². The molecule has 4 heteroatoms. The highest BCUT2D eigenvalue weighted by atomic mass is 16.5. The Labute approximate surface area is 180 Å². The first-order valence-corrected chi connectivity index (χ1v) is 10.3. The van der Waals surface area contributed by atoms with Crippen molar-refractivity contribution < 1.29 is 14.3 Å². The number of anilines is 1. The lowest BCUT2D eigenvalue weighted by Gasteiger charge is -2.25. The molecular formula is C27H21NO3. The van der Waals surface area contributed by atoms with Crippen molar-refractivity contribution >= 4 is 28.3 Å². The number of carbonyl (C=O) groups is 2. The third kappa shape index (κ3) is 3.57. The third-order valence-corrected chi connectivity index (χ3v) is 5.74. The van der Waals surface area contributed by atoms with Crippen molar-refractivity contribution in [2.45, 2.75) is 12.5 Å². The zero-order valence-electron chi connectivity index (χ0n) is 16.9. The smallest absolute Gasteiger partial charge is 0.338 e. The number of esters is 1. The summed E-state index contributed by atoms with van der Waals surface area (Å²) in [6, 6.07) is 30.1. The molecule has 1 amide bonds. The summed E-state index contributed by atoms with van der Waals surface area (Å²) >= 11 is 0. The second-order valence-corrected chi connectivity index (χ2v) is 7.65. The zero-order chi connectivity index (χ0) is 21.2. The fraction of sp³-hybridized carbons (Fsp3) is 0.111. The number of benzene rings is 4. The summed E-state index contributed by atoms with van der Waals surface area (Å²) in [6.45, 7) is 0.134. The summed E-state index contributed by atoms with van der Waals surface area (Å²) in [5.41, 5.74) is 3.11. The lowest BCUT2D eigenvalue weighted by molar-refractivity contribution is 0.0476. The number of carbonyl (C=O) groups excluding carboxylic acids is 2. The molecule has 0 aliphatic carbocycles. The molecule has 0 saturated heterocycles. The van der Waals surface area contributed by atoms with Crippen molar-refractivity contribution in [2.75, 3.05) is 11.5 Å². The maximum absolute atomic E-state index is 13.5. The molecule has 0 N–H and O–H groups in total. The number of fused-ring (bicyclic) bond motifs is 3. The summed E-state index contributed by atoms with van der Waals surface area (Å²) in [5.74, 6) is -0.469. The van der Waals surface area contributed by atoms with E-state index in [2.05, 4.69) is 12.1 Å². The molecule has 31 heavy (non-hydrogen) atoms. The maximum atomic E-state index is 13.5. The van der Waals surface area contributed by atoms with Crippen LogP contribution in [0.2, 0.25) is 0 Å². The highest BCUT2D eigenvalue weighted by Crippen LogP contribution is 2.38. The van der Waals surface area contributed by atoms with Gasteiger partial charge in [-0.3, -0.25) is 4.79 Å². The van der Waals surface area contributed by atoms with Gasteiger partial charge in [-0.15, -0.1) is 0 Å². The van der Waals surface area contributed by atoms with Crippen molar-refractivity contribution in [1.29, 1.82) is 0 Å². The van der Waals surface area contributed by atoms with E-state index in [0.29, 0.717) is 17.5 Å². The van der Waals surface area contributed by atoms with Gasteiger partial charge in [-0.2, -0.15) is 0 Å². The standard InChI is InChI=1S/C27H21NO3/c29-26(20-10-3-1-4-11-20)28-22(18-31-27(30)21-12-5-2-6-13-21)17-24-23-14-8-7-9-19(23)15-16-25(24)28/h1-16,22H,17-18H2. The van der Waals surface area contributed by atoms with Crippen LogP contribution in [0.3, 0.4) is 0 Å². The Balaban J connectivity index is 1.49. The summed E-state index contributed by atoms with van der Waals surface area (Å²) in [6.07, 6.45) is 0.636. The molecule has 0 fully saturated rings. The van der Waals surface area contributed by atoms with Gasteiger partial charge in [0.05, 0.1) is 11.6 Å². The predicted octanol–water partition coefficient (Wildman–Crippen LogP) is 5.27. The topological polar surface area (TPSA) is 46.6 Å². The van der Waals surface area contributed by atoms with E-state index in [9.17, 15) is 9.59 Å². The van der Waals surface area contributed by atoms with Crippen molar-refractivity contribution in [3.63, 3.8) is 0 Å². The lowest BCUT2D eigenvalue weighted by Crippen LogP contribution is -2.41. The molecule has 0 spiro atoms. The molecule has 1 heterocycles. The number of amides is 1. The van der Waals surface area contributed by atoms with Gasteiger partial charge in [0.2, 0.25) is 0 Å². The van der Waals surface area contributed by atoms with Gasteiger partial charge >= 0.3 is 5.97 Å². The first-order chi connectivity index (χ1) is 15.2. The molecule has 5 rings (SSSR count). The van der Waals surface area contributed by atoms with Crippen LogP contribution in [0.15, 0.2) is 97.1 Å². The fourth-order valence-corrected chi connectivity index (χ4v) is 4.25. The molecule has 1 atom stereocenters. The van der Waals surface area contributed by atoms with Crippen molar-refractivity contribution in [3.05, 3.63) is 114 Å². The highest BCUT2D eigenvalue weighted by molar-refractivity contribution is 6.09. The van der Waals surface area contributed by atoms with Crippen LogP contribution in [0.5, 0.6) is 0 Å². The van der Waals surface area contributed by atoms with Crippen LogP contribution in [0.1, 0.15) is 26.3 Å². The van der Waals surface area contributed by atoms with Gasteiger partial charge < -0.3 is 9.64 Å². The van der Waals surface area contributed by atoms with E-state index in [4.69, 9.17) is 4.74 Å². The summed E-state index contributed by atoms with van der Waals surface area (Å²) in [7, 11) is 0. The Hall–Kier alpha value is -3.92. The molecular weight excluding hydrogens is 386 g/mol. The van der Waals surface area contributed by atoms with E-state index in [-0.39, 0.29) is 24.5 Å². The second-order valence-electron chi connectivity index (χ2n) is 7.65. The summed E-state index contributed by atoms with van der Waals surface area (Å²) in [5, 5.41) is 2.26. The quantitative estimate of drug-likeness (QED) is 0.433. The van der Waals surface area contributed by atoms with Crippen molar-refractivity contribution in [2.24, 2.45) is 0 Å². The van der Waals surface area contributed by atoms with Crippen LogP contribution in [0.25, 0.3) is 10.8 Å². The largest absolute Gasteiger partial charge is 0.460 e. The van der Waals surface area contributed by atoms with Gasteiger partial charge in [0.25, 0.3) is 5.91 Å². The van der Waals surface area contributed by atoms with E-state index >= 15 is 0 Å². The number of nitrogens with zero attached hydrogens (tertiary/aromatic N) is 1. The normalized spacial score (nSPS) is 15.0. The summed E-state index contributed by atoms with van der Waals surface area (Å²) < 4.78 is 5.64. The molecule has 0 aromatic heterocycles. The molecule has 4 aromatic carbocycles. The average molecular weight is 407 g/mol. The Morgan fingerprint density at radius 2 is 1.42 bits per heavy atom. The van der Waals surface area contributed by atoms with E-state index in [0.717, 1.165) is 22.0 Å². The van der Waals surface area contributed by atoms with Gasteiger partial charge in [0.15, 0.2) is 0 Å². The SMILES string of the molecule is O=C(OCC1Cc2c(ccc3ccccc23)N1C(=O)c1ccccc1)c1ccccc1. The minimum absolute atomic E-state index is 0.0876. The monoisotopic (exact) mass is 407 g/mol. The first kappa shape index (κ1) is 19.1. The molecule has 1 unspecified atom stereocenters. The lowest BCUT2D eigenvalue weighted by atomic mass is 10.0. The van der Waals surface area contributed by atoms with Gasteiger partial charge in [-0.1, -0.05) is 66.7 Å². The maximum Gasteiger partial charge on any atom is 0.338 e. The fourth-order valence-electron chi connectivity index (χ4n) is 4.25. The van der Waals surface area contributed by atoms with E-state index < -0.39 is 0 Å². The molecule has 0 bridgehead atoms. The molecule has 1 aliphatic rings. The third-order valence-electron chi connectivity index (χ3n) is 5.74. The van der Waals surface area contributed by atoms with Crippen molar-refractivity contribution in [3.8, 4) is 0 Å². The van der Waals surface area contributed by atoms with E-state index in [1.807, 2.05) is 60.7 Å². The molecule has 4 nitrogen and oxygen atoms in total. The zero-order valence-corrected chi connectivity index (χ0v) is 16.9. The van der Waals surface area contributed by atoms with Gasteiger partial charge in [-0.25, -0.2) is 4.79 Å². The van der Waals surface area contributed by atoms with Gasteiger partial charge in [0.1, 0.15) is 6.61 Å². The second kappa shape index (κ2) is 8.07. The number of rotatable bonds is 4. The minimum Gasteiger partial charge on any atom is -0.460 e. The number of hydrogen-bond acceptors (Lipinski definition) is 3. The van der Waals surface area contributed by atoms with Crippen LogP contribution >= 0.6 is 0 Å². The molecule has 4 aromatic rings. The molecule has 0 radical (unpaired) electrons. The molecule has 1 aliphatic heterocycles.